The molecule has 0 spiro atoms. The summed E-state index contributed by atoms with van der Waals surface area (Å²) >= 11 is 1.62. The molecule has 4 rings (SSSR count). The molecule has 0 atom stereocenters. The van der Waals surface area contributed by atoms with E-state index in [1.54, 1.807) is 11.3 Å². The number of hydrogen-bond acceptors (Lipinski definition) is 3. The maximum atomic E-state index is 4.86. The van der Waals surface area contributed by atoms with Crippen LogP contribution in [0.15, 0.2) is 64.0 Å². The zero-order valence-corrected chi connectivity index (χ0v) is 17.4. The van der Waals surface area contributed by atoms with E-state index in [1.165, 1.54) is 10.9 Å². The standard InChI is InChI=1S/C23H24N4S/c1-15(2)25-23-27(22(14-28-23)18-11-9-16(3)10-12-18)24-13-20-17(4)26-21-8-6-5-7-19(20)21/h5-15,26H,1-4H3. The van der Waals surface area contributed by atoms with Crippen LogP contribution in [-0.4, -0.2) is 21.9 Å². The first-order chi connectivity index (χ1) is 13.5. The minimum Gasteiger partial charge on any atom is -0.358 e. The van der Waals surface area contributed by atoms with Gasteiger partial charge in [0.25, 0.3) is 0 Å². The summed E-state index contributed by atoms with van der Waals surface area (Å²) in [6.45, 7) is 8.36. The molecule has 5 heteroatoms. The normalized spacial score (nSPS) is 12.7. The van der Waals surface area contributed by atoms with E-state index in [2.05, 4.69) is 80.5 Å². The zero-order valence-electron chi connectivity index (χ0n) is 16.6. The van der Waals surface area contributed by atoms with Crippen molar-refractivity contribution in [2.24, 2.45) is 10.1 Å². The van der Waals surface area contributed by atoms with Crippen LogP contribution in [0.1, 0.15) is 30.7 Å². The summed E-state index contributed by atoms with van der Waals surface area (Å²) in [6.07, 6.45) is 1.94. The first kappa shape index (κ1) is 18.4. The van der Waals surface area contributed by atoms with Gasteiger partial charge in [0.05, 0.1) is 11.9 Å². The molecule has 2 aromatic carbocycles. The van der Waals surface area contributed by atoms with Gasteiger partial charge < -0.3 is 4.98 Å². The van der Waals surface area contributed by atoms with Crippen molar-refractivity contribution < 1.29 is 0 Å². The lowest BCUT2D eigenvalue weighted by Crippen LogP contribution is -2.14. The number of thiazole rings is 1. The molecule has 0 amide bonds. The quantitative estimate of drug-likeness (QED) is 0.448. The van der Waals surface area contributed by atoms with Gasteiger partial charge in [0, 0.05) is 39.1 Å². The summed E-state index contributed by atoms with van der Waals surface area (Å²) in [4.78, 5) is 9.11. The molecular weight excluding hydrogens is 364 g/mol. The smallest absolute Gasteiger partial charge is 0.206 e. The Morgan fingerprint density at radius 3 is 2.54 bits per heavy atom. The molecule has 0 unspecified atom stereocenters. The zero-order chi connectivity index (χ0) is 19.7. The summed E-state index contributed by atoms with van der Waals surface area (Å²) in [5, 5.41) is 8.17. The van der Waals surface area contributed by atoms with Crippen LogP contribution in [0.4, 0.5) is 0 Å². The van der Waals surface area contributed by atoms with Crippen LogP contribution >= 0.6 is 11.3 Å². The number of fused-ring (bicyclic) bond motifs is 1. The van der Waals surface area contributed by atoms with Gasteiger partial charge in [0.15, 0.2) is 0 Å². The Morgan fingerprint density at radius 1 is 1.04 bits per heavy atom. The maximum Gasteiger partial charge on any atom is 0.206 e. The van der Waals surface area contributed by atoms with Crippen LogP contribution in [0.5, 0.6) is 0 Å². The van der Waals surface area contributed by atoms with Gasteiger partial charge >= 0.3 is 0 Å². The van der Waals surface area contributed by atoms with E-state index in [-0.39, 0.29) is 6.04 Å². The molecule has 0 aliphatic heterocycles. The third-order valence-electron chi connectivity index (χ3n) is 4.65. The Bertz CT molecular complexity index is 1200. The average Bonchev–Trinajstić information content (AvgIpc) is 3.20. The fraction of sp³-hybridized carbons (Fsp3) is 0.217. The van der Waals surface area contributed by atoms with E-state index in [0.717, 1.165) is 32.8 Å². The van der Waals surface area contributed by atoms with Gasteiger partial charge in [-0.25, -0.2) is 4.68 Å². The molecule has 0 saturated heterocycles. The second kappa shape index (κ2) is 7.60. The van der Waals surface area contributed by atoms with Crippen molar-refractivity contribution in [1.82, 2.24) is 9.66 Å². The SMILES string of the molecule is Cc1ccc(-c2csc(=NC(C)C)n2N=Cc2c(C)[nH]c3ccccc23)cc1. The van der Waals surface area contributed by atoms with E-state index in [1.807, 2.05) is 17.0 Å². The van der Waals surface area contributed by atoms with Gasteiger partial charge in [-0.05, 0) is 33.8 Å². The van der Waals surface area contributed by atoms with Crippen molar-refractivity contribution in [3.05, 3.63) is 75.5 Å². The number of aryl methyl sites for hydroxylation is 2. The lowest BCUT2D eigenvalue weighted by Gasteiger charge is -2.05. The second-order valence-corrected chi connectivity index (χ2v) is 8.09. The summed E-state index contributed by atoms with van der Waals surface area (Å²) < 4.78 is 1.95. The van der Waals surface area contributed by atoms with E-state index < -0.39 is 0 Å². The third-order valence-corrected chi connectivity index (χ3v) is 5.48. The highest BCUT2D eigenvalue weighted by atomic mass is 32.1. The molecule has 0 aliphatic rings. The Morgan fingerprint density at radius 2 is 1.79 bits per heavy atom. The largest absolute Gasteiger partial charge is 0.358 e. The molecule has 142 valence electrons. The molecule has 2 heterocycles. The molecule has 0 radical (unpaired) electrons. The van der Waals surface area contributed by atoms with E-state index in [4.69, 9.17) is 10.1 Å². The van der Waals surface area contributed by atoms with Gasteiger partial charge in [0.1, 0.15) is 0 Å². The Hall–Kier alpha value is -2.92. The lowest BCUT2D eigenvalue weighted by molar-refractivity contribution is 0.754. The van der Waals surface area contributed by atoms with E-state index in [0.29, 0.717) is 0 Å². The van der Waals surface area contributed by atoms with Crippen molar-refractivity contribution in [3.63, 3.8) is 0 Å². The van der Waals surface area contributed by atoms with Gasteiger partial charge in [-0.2, -0.15) is 5.10 Å². The van der Waals surface area contributed by atoms with E-state index in [9.17, 15) is 0 Å². The number of aromatic nitrogens is 2. The lowest BCUT2D eigenvalue weighted by atomic mass is 10.1. The number of para-hydroxylation sites is 1. The van der Waals surface area contributed by atoms with Crippen molar-refractivity contribution >= 4 is 28.5 Å². The van der Waals surface area contributed by atoms with Crippen molar-refractivity contribution in [2.75, 3.05) is 0 Å². The molecule has 4 nitrogen and oxygen atoms in total. The second-order valence-electron chi connectivity index (χ2n) is 7.26. The van der Waals surface area contributed by atoms with Crippen LogP contribution in [0.2, 0.25) is 0 Å². The topological polar surface area (TPSA) is 45.4 Å². The number of aromatic amines is 1. The monoisotopic (exact) mass is 388 g/mol. The fourth-order valence-corrected chi connectivity index (χ4v) is 4.19. The number of nitrogens with zero attached hydrogens (tertiary/aromatic N) is 3. The predicted molar refractivity (Wildman–Crippen MR) is 119 cm³/mol. The average molecular weight is 389 g/mol. The minimum absolute atomic E-state index is 0.209. The van der Waals surface area contributed by atoms with Crippen LogP contribution in [0.3, 0.4) is 0 Å². The van der Waals surface area contributed by atoms with Crippen LogP contribution in [0.25, 0.3) is 22.2 Å². The molecule has 4 aromatic rings. The highest BCUT2D eigenvalue weighted by Crippen LogP contribution is 2.22. The summed E-state index contributed by atoms with van der Waals surface area (Å²) in [7, 11) is 0. The summed E-state index contributed by atoms with van der Waals surface area (Å²) in [5.74, 6) is 0. The van der Waals surface area contributed by atoms with E-state index >= 15 is 0 Å². The van der Waals surface area contributed by atoms with Crippen LogP contribution in [0, 0.1) is 13.8 Å². The maximum absolute atomic E-state index is 4.86. The summed E-state index contributed by atoms with van der Waals surface area (Å²) in [5.41, 5.74) is 6.79. The Labute approximate surface area is 168 Å². The highest BCUT2D eigenvalue weighted by molar-refractivity contribution is 7.07. The van der Waals surface area contributed by atoms with Gasteiger partial charge in [-0.15, -0.1) is 11.3 Å². The molecule has 28 heavy (non-hydrogen) atoms. The Balaban J connectivity index is 1.85. The molecule has 2 aromatic heterocycles. The fourth-order valence-electron chi connectivity index (χ4n) is 3.22. The van der Waals surface area contributed by atoms with Crippen LogP contribution in [-0.2, 0) is 0 Å². The summed E-state index contributed by atoms with van der Waals surface area (Å²) in [6, 6.07) is 17.1. The molecular formula is C23H24N4S. The van der Waals surface area contributed by atoms with Gasteiger partial charge in [-0.3, -0.25) is 4.99 Å². The van der Waals surface area contributed by atoms with Crippen molar-refractivity contribution in [2.45, 2.75) is 33.7 Å². The molecule has 1 N–H and O–H groups in total. The number of H-pyrrole nitrogens is 1. The van der Waals surface area contributed by atoms with Gasteiger partial charge in [0.2, 0.25) is 4.80 Å². The van der Waals surface area contributed by atoms with Crippen molar-refractivity contribution in [3.8, 4) is 11.3 Å². The predicted octanol–water partition coefficient (Wildman–Crippen LogP) is 5.51. The molecule has 0 saturated carbocycles. The van der Waals surface area contributed by atoms with Gasteiger partial charge in [-0.1, -0.05) is 48.0 Å². The van der Waals surface area contributed by atoms with Crippen LogP contribution < -0.4 is 4.80 Å². The first-order valence-electron chi connectivity index (χ1n) is 9.46. The molecule has 0 bridgehead atoms. The number of hydrogen-bond donors (Lipinski definition) is 1. The highest BCUT2D eigenvalue weighted by Gasteiger charge is 2.09. The number of nitrogens with one attached hydrogen (secondary N) is 1. The first-order valence-corrected chi connectivity index (χ1v) is 10.3. The molecule has 0 fully saturated rings. The number of benzene rings is 2. The Kier molecular flexibility index (Phi) is 5.01. The minimum atomic E-state index is 0.209. The number of rotatable bonds is 4. The third kappa shape index (κ3) is 3.58. The molecule has 0 aliphatic carbocycles. The van der Waals surface area contributed by atoms with Crippen molar-refractivity contribution in [1.29, 1.82) is 0 Å².